The second kappa shape index (κ2) is 10.7. The Morgan fingerprint density at radius 2 is 1.68 bits per heavy atom. The van der Waals surface area contributed by atoms with Gasteiger partial charge in [0.2, 0.25) is 5.91 Å². The van der Waals surface area contributed by atoms with Gasteiger partial charge in [0.05, 0.1) is 0 Å². The maximum atomic E-state index is 12.6. The van der Waals surface area contributed by atoms with Gasteiger partial charge in [-0.15, -0.1) is 0 Å². The maximum Gasteiger partial charge on any atom is 0.407 e. The number of amides is 2. The van der Waals surface area contributed by atoms with Gasteiger partial charge in [-0.25, -0.2) is 9.59 Å². The van der Waals surface area contributed by atoms with Gasteiger partial charge in [0.25, 0.3) is 0 Å². The fraction of sp³-hybridized carbons (Fsp3) is 0.444. The summed E-state index contributed by atoms with van der Waals surface area (Å²) in [5, 5.41) is 14.9. The van der Waals surface area contributed by atoms with Gasteiger partial charge in [-0.3, -0.25) is 4.79 Å². The van der Waals surface area contributed by atoms with Crippen molar-refractivity contribution in [2.24, 2.45) is 5.92 Å². The van der Waals surface area contributed by atoms with Crippen LogP contribution in [0.2, 0.25) is 0 Å². The largest absolute Gasteiger partial charge is 0.480 e. The van der Waals surface area contributed by atoms with Crippen molar-refractivity contribution < 1.29 is 24.2 Å². The molecule has 1 saturated carbocycles. The topological polar surface area (TPSA) is 105 Å². The molecule has 4 rings (SSSR count). The number of carboxylic acid groups (broad SMARTS) is 1. The summed E-state index contributed by atoms with van der Waals surface area (Å²) in [6.45, 7) is 2.13. The summed E-state index contributed by atoms with van der Waals surface area (Å²) in [4.78, 5) is 36.6. The number of benzene rings is 2. The molecular weight excluding hydrogens is 432 g/mol. The molecule has 7 heteroatoms. The molecule has 180 valence electrons. The maximum absolute atomic E-state index is 12.6. The number of hydrogen-bond donors (Lipinski definition) is 3. The zero-order valence-corrected chi connectivity index (χ0v) is 19.5. The summed E-state index contributed by atoms with van der Waals surface area (Å²) < 4.78 is 5.64. The summed E-state index contributed by atoms with van der Waals surface area (Å²) in [6.07, 6.45) is 3.32. The minimum atomic E-state index is -1.01. The Morgan fingerprint density at radius 1 is 1.03 bits per heavy atom. The van der Waals surface area contributed by atoms with Crippen LogP contribution >= 0.6 is 0 Å². The first-order valence-electron chi connectivity index (χ1n) is 12.1. The van der Waals surface area contributed by atoms with Gasteiger partial charge in [0, 0.05) is 17.9 Å². The Morgan fingerprint density at radius 3 is 2.29 bits per heavy atom. The minimum Gasteiger partial charge on any atom is -0.480 e. The minimum absolute atomic E-state index is 0.00505. The van der Waals surface area contributed by atoms with E-state index in [2.05, 4.69) is 34.9 Å². The van der Waals surface area contributed by atoms with E-state index < -0.39 is 18.1 Å². The van der Waals surface area contributed by atoms with E-state index in [9.17, 15) is 19.5 Å². The number of carboxylic acids is 1. The number of carbonyl (C=O) groups is 3. The molecule has 0 saturated heterocycles. The van der Waals surface area contributed by atoms with E-state index in [-0.39, 0.29) is 30.4 Å². The van der Waals surface area contributed by atoms with Crippen molar-refractivity contribution in [3.05, 3.63) is 59.7 Å². The molecule has 0 aromatic heterocycles. The number of fused-ring (bicyclic) bond motifs is 3. The van der Waals surface area contributed by atoms with E-state index in [1.54, 1.807) is 0 Å². The third kappa shape index (κ3) is 5.24. The zero-order valence-electron chi connectivity index (χ0n) is 19.5. The van der Waals surface area contributed by atoms with Crippen LogP contribution in [0, 0.1) is 5.92 Å². The fourth-order valence-electron chi connectivity index (χ4n) is 5.20. The van der Waals surface area contributed by atoms with E-state index in [1.165, 1.54) is 11.1 Å². The highest BCUT2D eigenvalue weighted by Crippen LogP contribution is 2.44. The average molecular weight is 465 g/mol. The first-order chi connectivity index (χ1) is 16.5. The lowest BCUT2D eigenvalue weighted by atomic mass is 9.85. The van der Waals surface area contributed by atoms with Crippen LogP contribution in [0.4, 0.5) is 4.79 Å². The van der Waals surface area contributed by atoms with E-state index in [4.69, 9.17) is 4.74 Å². The van der Waals surface area contributed by atoms with E-state index in [0.29, 0.717) is 25.7 Å². The molecule has 3 unspecified atom stereocenters. The normalized spacial score (nSPS) is 20.0. The van der Waals surface area contributed by atoms with Crippen LogP contribution in [0.15, 0.2) is 48.5 Å². The van der Waals surface area contributed by atoms with Crippen LogP contribution in [0.1, 0.15) is 62.5 Å². The molecule has 2 aromatic rings. The van der Waals surface area contributed by atoms with E-state index in [1.807, 2.05) is 31.2 Å². The Bertz CT molecular complexity index is 1010. The highest BCUT2D eigenvalue weighted by atomic mass is 16.5. The second-order valence-corrected chi connectivity index (χ2v) is 9.22. The Balaban J connectivity index is 1.31. The van der Waals surface area contributed by atoms with Gasteiger partial charge in [0.15, 0.2) is 0 Å². The molecule has 3 atom stereocenters. The van der Waals surface area contributed by atoms with Crippen molar-refractivity contribution in [2.45, 2.75) is 63.5 Å². The van der Waals surface area contributed by atoms with Crippen LogP contribution in [0.5, 0.6) is 0 Å². The molecule has 34 heavy (non-hydrogen) atoms. The molecule has 0 bridgehead atoms. The Labute approximate surface area is 199 Å². The number of alkyl carbamates (subject to hydrolysis) is 1. The molecule has 2 aliphatic carbocycles. The first-order valence-corrected chi connectivity index (χ1v) is 12.1. The number of rotatable bonds is 8. The first kappa shape index (κ1) is 23.8. The SMILES string of the molecule is CCCC(NC(=O)C1CCCC(NC(=O)OCC2c3ccccc3-c3ccccc32)C1)C(=O)O. The summed E-state index contributed by atoms with van der Waals surface area (Å²) in [5.41, 5.74) is 4.67. The molecule has 7 nitrogen and oxygen atoms in total. The van der Waals surface area contributed by atoms with Crippen LogP contribution in [0.3, 0.4) is 0 Å². The van der Waals surface area contributed by atoms with Gasteiger partial charge < -0.3 is 20.5 Å². The molecular formula is C27H32N2O5. The highest BCUT2D eigenvalue weighted by Gasteiger charge is 2.32. The molecule has 0 heterocycles. The predicted octanol–water partition coefficient (Wildman–Crippen LogP) is 4.45. The van der Waals surface area contributed by atoms with E-state index >= 15 is 0 Å². The second-order valence-electron chi connectivity index (χ2n) is 9.22. The standard InChI is InChI=1S/C27H32N2O5/c1-2-8-24(26(31)32)29-25(30)17-9-7-10-18(15-17)28-27(33)34-16-23-21-13-5-3-11-19(21)20-12-4-6-14-22(20)23/h3-6,11-14,17-18,23-24H,2,7-10,15-16H2,1H3,(H,28,33)(H,29,30)(H,31,32). The van der Waals surface area contributed by atoms with Gasteiger partial charge in [-0.2, -0.15) is 0 Å². The average Bonchev–Trinajstić information content (AvgIpc) is 3.16. The predicted molar refractivity (Wildman–Crippen MR) is 128 cm³/mol. The highest BCUT2D eigenvalue weighted by molar-refractivity contribution is 5.85. The summed E-state index contributed by atoms with van der Waals surface area (Å²) in [5.74, 6) is -1.58. The summed E-state index contributed by atoms with van der Waals surface area (Å²) >= 11 is 0. The lowest BCUT2D eigenvalue weighted by Gasteiger charge is -2.29. The number of hydrogen-bond acceptors (Lipinski definition) is 4. The summed E-state index contributed by atoms with van der Waals surface area (Å²) in [6, 6.07) is 15.3. The quantitative estimate of drug-likeness (QED) is 0.535. The zero-order chi connectivity index (χ0) is 24.1. The molecule has 0 spiro atoms. The van der Waals surface area contributed by atoms with Gasteiger partial charge >= 0.3 is 12.1 Å². The van der Waals surface area contributed by atoms with Crippen molar-refractivity contribution in [1.29, 1.82) is 0 Å². The number of ether oxygens (including phenoxy) is 1. The lowest BCUT2D eigenvalue weighted by molar-refractivity contribution is -0.142. The number of nitrogens with one attached hydrogen (secondary N) is 2. The van der Waals surface area contributed by atoms with Gasteiger partial charge in [-0.1, -0.05) is 68.3 Å². The molecule has 1 fully saturated rings. The van der Waals surface area contributed by atoms with Crippen LogP contribution in [-0.4, -0.2) is 41.8 Å². The number of aliphatic carboxylic acids is 1. The van der Waals surface area contributed by atoms with Crippen LogP contribution in [0.25, 0.3) is 11.1 Å². The van der Waals surface area contributed by atoms with Crippen molar-refractivity contribution in [3.63, 3.8) is 0 Å². The van der Waals surface area contributed by atoms with Crippen molar-refractivity contribution >= 4 is 18.0 Å². The van der Waals surface area contributed by atoms with Crippen molar-refractivity contribution in [1.82, 2.24) is 10.6 Å². The third-order valence-electron chi connectivity index (χ3n) is 6.90. The monoisotopic (exact) mass is 464 g/mol. The molecule has 0 radical (unpaired) electrons. The van der Waals surface area contributed by atoms with Gasteiger partial charge in [-0.05, 0) is 47.9 Å². The molecule has 2 aromatic carbocycles. The molecule has 2 aliphatic rings. The van der Waals surface area contributed by atoms with Crippen LogP contribution < -0.4 is 10.6 Å². The Hall–Kier alpha value is -3.35. The van der Waals surface area contributed by atoms with E-state index in [0.717, 1.165) is 24.0 Å². The Kier molecular flexibility index (Phi) is 7.50. The van der Waals surface area contributed by atoms with Crippen molar-refractivity contribution in [2.75, 3.05) is 6.61 Å². The molecule has 0 aliphatic heterocycles. The van der Waals surface area contributed by atoms with Gasteiger partial charge in [0.1, 0.15) is 12.6 Å². The number of carbonyl (C=O) groups excluding carboxylic acids is 2. The fourth-order valence-corrected chi connectivity index (χ4v) is 5.20. The van der Waals surface area contributed by atoms with Crippen LogP contribution in [-0.2, 0) is 14.3 Å². The molecule has 2 amide bonds. The third-order valence-corrected chi connectivity index (χ3v) is 6.90. The summed E-state index contributed by atoms with van der Waals surface area (Å²) in [7, 11) is 0. The van der Waals surface area contributed by atoms with Crippen molar-refractivity contribution in [3.8, 4) is 11.1 Å². The molecule has 3 N–H and O–H groups in total. The smallest absolute Gasteiger partial charge is 0.407 e. The lowest BCUT2D eigenvalue weighted by Crippen LogP contribution is -2.47.